The maximum atomic E-state index is 13.4. The first-order chi connectivity index (χ1) is 30.4. The number of carbonyl (C=O) groups excluding carboxylic acids is 6. The zero-order valence-electron chi connectivity index (χ0n) is 36.7. The van der Waals surface area contributed by atoms with Crippen LogP contribution in [0.25, 0.3) is 0 Å². The van der Waals surface area contributed by atoms with Crippen molar-refractivity contribution in [1.29, 1.82) is 0 Å². The van der Waals surface area contributed by atoms with Gasteiger partial charge >= 0.3 is 5.97 Å². The Balaban J connectivity index is 1.12. The van der Waals surface area contributed by atoms with Crippen molar-refractivity contribution >= 4 is 63.9 Å². The van der Waals surface area contributed by atoms with E-state index in [1.807, 2.05) is 19.0 Å². The Morgan fingerprint density at radius 3 is 1.52 bits per heavy atom. The van der Waals surface area contributed by atoms with Gasteiger partial charge in [-0.3, -0.25) is 34.1 Å². The maximum absolute atomic E-state index is 13.4. The summed E-state index contributed by atoms with van der Waals surface area (Å²) in [6, 6.07) is 8.28. The van der Waals surface area contributed by atoms with Crippen LogP contribution in [-0.4, -0.2) is 112 Å². The van der Waals surface area contributed by atoms with Gasteiger partial charge in [-0.15, -0.1) is 0 Å². The van der Waals surface area contributed by atoms with Crippen molar-refractivity contribution in [2.75, 3.05) is 69.3 Å². The van der Waals surface area contributed by atoms with Crippen LogP contribution in [0.4, 0.5) is 28.4 Å². The number of anilines is 4. The van der Waals surface area contributed by atoms with E-state index in [1.54, 1.807) is 68.2 Å². The highest BCUT2D eigenvalue weighted by molar-refractivity contribution is 6.09. The standard InChI is InChI=1S/C42H51N11O11/c1-48(2)13-10-12-43-38(55)31-16-26(22-49(31)3)45-40(57)33-18-28(24-51(33)5)47-41(58)34-17-27(23-52(34)6)46-39(56)32-15-25(21-50(32)4)44-37(54)11-9-14-64-36-20-30(53(60)61)29(42(59)63-8)19-35(36)62-7/h15-24H,9-14H2,1-8H3,(H,43,55)(H,44,54)(H,45,57)(H,46,56)(H,47,58). The van der Waals surface area contributed by atoms with Crippen LogP contribution in [0.5, 0.6) is 11.5 Å². The molecule has 5 N–H and O–H groups in total. The molecule has 22 nitrogen and oxygen atoms in total. The molecule has 0 bridgehead atoms. The normalized spacial score (nSPS) is 10.9. The minimum Gasteiger partial charge on any atom is -0.493 e. The van der Waals surface area contributed by atoms with Gasteiger partial charge in [-0.25, -0.2) is 4.79 Å². The van der Waals surface area contributed by atoms with Crippen molar-refractivity contribution in [2.24, 2.45) is 28.2 Å². The summed E-state index contributed by atoms with van der Waals surface area (Å²) in [7, 11) is 13.0. The lowest BCUT2D eigenvalue weighted by Gasteiger charge is -2.12. The predicted molar refractivity (Wildman–Crippen MR) is 235 cm³/mol. The Kier molecular flexibility index (Phi) is 15.3. The number of hydrogen-bond acceptors (Lipinski definition) is 12. The zero-order chi connectivity index (χ0) is 46.8. The van der Waals surface area contributed by atoms with Crippen molar-refractivity contribution < 1.29 is 47.9 Å². The molecule has 0 saturated carbocycles. The average molecular weight is 886 g/mol. The van der Waals surface area contributed by atoms with Crippen molar-refractivity contribution in [3.63, 3.8) is 0 Å². The number of aromatic nitrogens is 4. The summed E-state index contributed by atoms with van der Waals surface area (Å²) in [5, 5.41) is 25.5. The van der Waals surface area contributed by atoms with Crippen molar-refractivity contribution in [3.8, 4) is 11.5 Å². The lowest BCUT2D eigenvalue weighted by molar-refractivity contribution is -0.385. The molecule has 0 aliphatic heterocycles. The molecule has 5 amide bonds. The van der Waals surface area contributed by atoms with Crippen LogP contribution in [0.3, 0.4) is 0 Å². The first-order valence-electron chi connectivity index (χ1n) is 19.8. The molecular weight excluding hydrogens is 835 g/mol. The van der Waals surface area contributed by atoms with Crippen LogP contribution in [0, 0.1) is 10.1 Å². The molecule has 4 aromatic heterocycles. The van der Waals surface area contributed by atoms with Gasteiger partial charge in [-0.05, 0) is 57.7 Å². The smallest absolute Gasteiger partial charge is 0.345 e. The molecule has 340 valence electrons. The number of nitro groups is 1. The number of nitrogens with one attached hydrogen (secondary N) is 5. The number of carbonyl (C=O) groups is 6. The number of nitro benzene ring substituents is 1. The van der Waals surface area contributed by atoms with Gasteiger partial charge in [0.25, 0.3) is 29.3 Å². The van der Waals surface area contributed by atoms with Crippen molar-refractivity contribution in [2.45, 2.75) is 19.3 Å². The molecule has 0 radical (unpaired) electrons. The fourth-order valence-electron chi connectivity index (χ4n) is 6.59. The van der Waals surface area contributed by atoms with Gasteiger partial charge in [-0.1, -0.05) is 0 Å². The van der Waals surface area contributed by atoms with Crippen molar-refractivity contribution in [3.05, 3.63) is 99.6 Å². The number of amides is 5. The van der Waals surface area contributed by atoms with Gasteiger partial charge in [0, 0.05) is 72.0 Å². The Hall–Kier alpha value is -7.88. The molecule has 0 spiro atoms. The third-order valence-corrected chi connectivity index (χ3v) is 9.77. The molecule has 0 aliphatic carbocycles. The van der Waals surface area contributed by atoms with Gasteiger partial charge in [0.1, 0.15) is 28.3 Å². The molecule has 0 fully saturated rings. The van der Waals surface area contributed by atoms with E-state index in [4.69, 9.17) is 9.47 Å². The van der Waals surface area contributed by atoms with E-state index in [9.17, 15) is 38.9 Å². The Labute approximate surface area is 367 Å². The SMILES string of the molecule is COC(=O)c1cc(OC)c(OCCCC(=O)Nc2cc(C(=O)Nc3cc(C(=O)Nc4cc(C(=O)Nc5cc(C(=O)NCCCN(C)C)n(C)c5)n(C)c4)n(C)c3)n(C)c2)cc1[N+](=O)[O-]. The molecule has 64 heavy (non-hydrogen) atoms. The third kappa shape index (κ3) is 11.7. The third-order valence-electron chi connectivity index (χ3n) is 9.77. The van der Waals surface area contributed by atoms with Crippen LogP contribution in [0.2, 0.25) is 0 Å². The van der Waals surface area contributed by atoms with Gasteiger partial charge in [-0.2, -0.15) is 0 Å². The highest BCUT2D eigenvalue weighted by Crippen LogP contribution is 2.35. The number of methoxy groups -OCH3 is 2. The largest absolute Gasteiger partial charge is 0.493 e. The lowest BCUT2D eigenvalue weighted by Crippen LogP contribution is -2.28. The number of rotatable bonds is 20. The first-order valence-corrected chi connectivity index (χ1v) is 19.8. The van der Waals surface area contributed by atoms with E-state index in [0.717, 1.165) is 32.2 Å². The Bertz CT molecular complexity index is 2580. The molecule has 22 heteroatoms. The summed E-state index contributed by atoms with van der Waals surface area (Å²) in [5.74, 6) is -2.95. The van der Waals surface area contributed by atoms with E-state index in [1.165, 1.54) is 34.4 Å². The molecule has 0 aliphatic rings. The van der Waals surface area contributed by atoms with Gasteiger partial charge in [0.05, 0.1) is 54.6 Å². The summed E-state index contributed by atoms with van der Waals surface area (Å²) in [6.45, 7) is 1.33. The minimum absolute atomic E-state index is 0.00115. The first kappa shape index (κ1) is 47.2. The molecule has 0 atom stereocenters. The Morgan fingerprint density at radius 1 is 0.641 bits per heavy atom. The number of aryl methyl sites for hydroxylation is 4. The summed E-state index contributed by atoms with van der Waals surface area (Å²) >= 11 is 0. The maximum Gasteiger partial charge on any atom is 0.345 e. The predicted octanol–water partition coefficient (Wildman–Crippen LogP) is 3.98. The van der Waals surface area contributed by atoms with E-state index in [0.29, 0.717) is 35.0 Å². The van der Waals surface area contributed by atoms with Crippen LogP contribution >= 0.6 is 0 Å². The van der Waals surface area contributed by atoms with E-state index >= 15 is 0 Å². The van der Waals surface area contributed by atoms with Gasteiger partial charge in [0.15, 0.2) is 11.5 Å². The number of nitrogens with zero attached hydrogens (tertiary/aromatic N) is 6. The summed E-state index contributed by atoms with van der Waals surface area (Å²) < 4.78 is 21.7. The molecule has 4 heterocycles. The van der Waals surface area contributed by atoms with Crippen molar-refractivity contribution in [1.82, 2.24) is 28.5 Å². The topological polar surface area (TPSA) is 256 Å². The second kappa shape index (κ2) is 20.8. The molecular formula is C42H51N11O11. The van der Waals surface area contributed by atoms with E-state index in [-0.39, 0.29) is 65.4 Å². The van der Waals surface area contributed by atoms with Crippen LogP contribution < -0.4 is 36.1 Å². The number of benzene rings is 1. The van der Waals surface area contributed by atoms with E-state index in [2.05, 4.69) is 31.3 Å². The minimum atomic E-state index is -0.913. The zero-order valence-corrected chi connectivity index (χ0v) is 36.7. The molecule has 5 rings (SSSR count). The van der Waals surface area contributed by atoms with Crippen LogP contribution in [0.15, 0.2) is 61.2 Å². The monoisotopic (exact) mass is 885 g/mol. The molecule has 1 aromatic carbocycles. The average Bonchev–Trinajstić information content (AvgIpc) is 4.01. The second-order valence-electron chi connectivity index (χ2n) is 14.9. The summed E-state index contributed by atoms with van der Waals surface area (Å²) in [6.07, 6.45) is 7.34. The quantitative estimate of drug-likeness (QED) is 0.0322. The Morgan fingerprint density at radius 2 is 1.09 bits per heavy atom. The van der Waals surface area contributed by atoms with Crippen LogP contribution in [-0.2, 0) is 37.7 Å². The van der Waals surface area contributed by atoms with E-state index < -0.39 is 34.3 Å². The lowest BCUT2D eigenvalue weighted by atomic mass is 10.1. The fraction of sp³-hybridized carbons (Fsp3) is 0.333. The number of esters is 1. The number of hydrogen-bond donors (Lipinski definition) is 5. The molecule has 0 saturated heterocycles. The molecule has 5 aromatic rings. The highest BCUT2D eigenvalue weighted by atomic mass is 16.6. The summed E-state index contributed by atoms with van der Waals surface area (Å²) in [5.41, 5.74) is 1.66. The number of ether oxygens (including phenoxy) is 3. The highest BCUT2D eigenvalue weighted by Gasteiger charge is 2.26. The van der Waals surface area contributed by atoms with Gasteiger partial charge < -0.3 is 64.0 Å². The molecule has 0 unspecified atom stereocenters. The fourth-order valence-corrected chi connectivity index (χ4v) is 6.59. The second-order valence-corrected chi connectivity index (χ2v) is 14.9. The summed E-state index contributed by atoms with van der Waals surface area (Å²) in [4.78, 5) is 90.2. The van der Waals surface area contributed by atoms with Gasteiger partial charge in [0.2, 0.25) is 5.91 Å². The van der Waals surface area contributed by atoms with Crippen LogP contribution in [0.1, 0.15) is 71.6 Å².